The largest absolute Gasteiger partial charge is 0.301 e. The summed E-state index contributed by atoms with van der Waals surface area (Å²) in [5, 5.41) is -1.38. The average Bonchev–Trinajstić information content (AvgIpc) is 2.20. The molecule has 5 heteroatoms. The van der Waals surface area contributed by atoms with Crippen LogP contribution in [0, 0.1) is 0 Å². The van der Waals surface area contributed by atoms with E-state index >= 15 is 0 Å². The molecule has 0 spiro atoms. The predicted octanol–water partition coefficient (Wildman–Crippen LogP) is 1.56. The Morgan fingerprint density at radius 1 is 1.07 bits per heavy atom. The minimum atomic E-state index is -3.34. The third-order valence-electron chi connectivity index (χ3n) is 1.74. The minimum Gasteiger partial charge on any atom is -0.301 e. The summed E-state index contributed by atoms with van der Waals surface area (Å²) >= 11 is 0. The third kappa shape index (κ3) is 2.01. The molecular formula is C9H10O4S. The molecule has 0 aliphatic rings. The van der Waals surface area contributed by atoms with Gasteiger partial charge < -0.3 is 9.59 Å². The fourth-order valence-electron chi connectivity index (χ4n) is 0.965. The van der Waals surface area contributed by atoms with Gasteiger partial charge in [0.25, 0.3) is 0 Å². The average molecular weight is 214 g/mol. The Kier molecular flexibility index (Phi) is 3.40. The summed E-state index contributed by atoms with van der Waals surface area (Å²) in [7, 11) is -3.34. The van der Waals surface area contributed by atoms with E-state index in [0.717, 1.165) is 0 Å². The lowest BCUT2D eigenvalue weighted by Gasteiger charge is -2.34. The molecule has 0 atom stereocenters. The van der Waals surface area contributed by atoms with Crippen LogP contribution in [-0.2, 0) is 9.59 Å². The topological polar surface area (TPSA) is 74.6 Å². The maximum Gasteiger partial charge on any atom is 0.164 e. The first-order valence-corrected chi connectivity index (χ1v) is 5.46. The molecular weight excluding hydrogens is 204 g/mol. The van der Waals surface area contributed by atoms with Crippen LogP contribution in [0.2, 0.25) is 0 Å². The third-order valence-corrected chi connectivity index (χ3v) is 3.69. The number of rotatable bonds is 4. The zero-order chi connectivity index (χ0) is 10.6. The van der Waals surface area contributed by atoms with E-state index in [0.29, 0.717) is 0 Å². The van der Waals surface area contributed by atoms with Gasteiger partial charge in [-0.2, -0.15) is 10.6 Å². The van der Waals surface area contributed by atoms with Gasteiger partial charge in [0.2, 0.25) is 0 Å². The molecule has 4 nitrogen and oxygen atoms in total. The summed E-state index contributed by atoms with van der Waals surface area (Å²) in [6.07, 6.45) is 0.491. The molecule has 0 saturated carbocycles. The molecule has 14 heavy (non-hydrogen) atoms. The molecule has 0 amide bonds. The highest BCUT2D eigenvalue weighted by Gasteiger charge is 2.26. The van der Waals surface area contributed by atoms with E-state index in [4.69, 9.17) is 0 Å². The summed E-state index contributed by atoms with van der Waals surface area (Å²) < 4.78 is 19.2. The van der Waals surface area contributed by atoms with E-state index < -0.39 is 15.8 Å². The summed E-state index contributed by atoms with van der Waals surface area (Å²) in [5.74, 6) is 0. The lowest BCUT2D eigenvalue weighted by molar-refractivity contribution is -0.114. The highest BCUT2D eigenvalue weighted by atomic mass is 32.3. The van der Waals surface area contributed by atoms with Crippen LogP contribution in [0.3, 0.4) is 0 Å². The molecule has 1 aromatic carbocycles. The van der Waals surface area contributed by atoms with Crippen molar-refractivity contribution in [2.45, 2.75) is 10.1 Å². The summed E-state index contributed by atoms with van der Waals surface area (Å²) in [6.45, 7) is 0. The molecule has 0 aromatic heterocycles. The molecule has 0 fully saturated rings. The Labute approximate surface area is 82.9 Å². The summed E-state index contributed by atoms with van der Waals surface area (Å²) in [4.78, 5) is 21.0. The van der Waals surface area contributed by atoms with Crippen LogP contribution in [0.25, 0.3) is 0 Å². The number of carbonyl (C=O) groups is 2. The van der Waals surface area contributed by atoms with Crippen molar-refractivity contribution in [2.75, 3.05) is 0 Å². The highest BCUT2D eigenvalue weighted by molar-refractivity contribution is 8.25. The predicted molar refractivity (Wildman–Crippen MR) is 53.5 cm³/mol. The smallest absolute Gasteiger partial charge is 0.164 e. The molecule has 2 N–H and O–H groups in total. The molecule has 0 saturated heterocycles. The maximum atomic E-state index is 10.4. The first kappa shape index (κ1) is 10.9. The van der Waals surface area contributed by atoms with E-state index in [9.17, 15) is 18.7 Å². The summed E-state index contributed by atoms with van der Waals surface area (Å²) in [6, 6.07) is 7.85. The van der Waals surface area contributed by atoms with Crippen LogP contribution >= 0.6 is 10.6 Å². The Hall–Kier alpha value is -1.17. The summed E-state index contributed by atoms with van der Waals surface area (Å²) in [5.41, 5.74) is 0. The quantitative estimate of drug-likeness (QED) is 0.589. The Morgan fingerprint density at radius 3 is 2.00 bits per heavy atom. The highest BCUT2D eigenvalue weighted by Crippen LogP contribution is 2.50. The first-order chi connectivity index (χ1) is 6.62. The maximum absolute atomic E-state index is 10.4. The SMILES string of the molecule is O=CC(C=O)S(O)(O)c1ccccc1. The van der Waals surface area contributed by atoms with Crippen molar-refractivity contribution in [3.8, 4) is 0 Å². The van der Waals surface area contributed by atoms with E-state index in [1.54, 1.807) is 18.2 Å². The second-order valence-corrected chi connectivity index (χ2v) is 4.84. The van der Waals surface area contributed by atoms with Crippen molar-refractivity contribution < 1.29 is 18.7 Å². The lowest BCUT2D eigenvalue weighted by atomic mass is 10.4. The molecule has 0 heterocycles. The van der Waals surface area contributed by atoms with Gasteiger partial charge in [0.05, 0.1) is 4.90 Å². The van der Waals surface area contributed by atoms with Gasteiger partial charge in [-0.25, -0.2) is 0 Å². The Bertz CT molecular complexity index is 315. The number of aldehydes is 2. The van der Waals surface area contributed by atoms with Crippen molar-refractivity contribution in [3.05, 3.63) is 30.3 Å². The second kappa shape index (κ2) is 4.36. The molecule has 1 rings (SSSR count). The van der Waals surface area contributed by atoms with Gasteiger partial charge in [0.1, 0.15) is 12.6 Å². The zero-order valence-corrected chi connectivity index (χ0v) is 8.05. The van der Waals surface area contributed by atoms with Crippen LogP contribution in [0.15, 0.2) is 35.2 Å². The van der Waals surface area contributed by atoms with Crippen LogP contribution in [0.5, 0.6) is 0 Å². The van der Waals surface area contributed by atoms with Crippen LogP contribution in [0.4, 0.5) is 0 Å². The number of carbonyl (C=O) groups excluding carboxylic acids is 2. The Balaban J connectivity index is 3.06. The molecule has 0 radical (unpaired) electrons. The van der Waals surface area contributed by atoms with E-state index in [2.05, 4.69) is 0 Å². The fraction of sp³-hybridized carbons (Fsp3) is 0.111. The lowest BCUT2D eigenvalue weighted by Crippen LogP contribution is -2.20. The first-order valence-electron chi connectivity index (χ1n) is 3.85. The number of benzene rings is 1. The monoisotopic (exact) mass is 214 g/mol. The van der Waals surface area contributed by atoms with E-state index in [-0.39, 0.29) is 17.5 Å². The number of hydrogen-bond donors (Lipinski definition) is 2. The van der Waals surface area contributed by atoms with Gasteiger partial charge in [-0.1, -0.05) is 18.2 Å². The standard InChI is InChI=1S/C9H10O4S/c10-6-9(7-11)14(12,13)8-4-2-1-3-5-8/h1-7,9,12-13H. The second-order valence-electron chi connectivity index (χ2n) is 2.64. The van der Waals surface area contributed by atoms with Gasteiger partial charge in [-0.3, -0.25) is 9.11 Å². The number of hydrogen-bond acceptors (Lipinski definition) is 4. The molecule has 0 aliphatic carbocycles. The van der Waals surface area contributed by atoms with Gasteiger partial charge in [-0.15, -0.1) is 0 Å². The van der Waals surface area contributed by atoms with Crippen LogP contribution in [-0.4, -0.2) is 26.9 Å². The molecule has 0 aliphatic heterocycles. The van der Waals surface area contributed by atoms with Gasteiger partial charge in [-0.05, 0) is 12.1 Å². The van der Waals surface area contributed by atoms with Crippen molar-refractivity contribution in [1.29, 1.82) is 0 Å². The van der Waals surface area contributed by atoms with Crippen molar-refractivity contribution in [3.63, 3.8) is 0 Å². The van der Waals surface area contributed by atoms with Gasteiger partial charge in [0.15, 0.2) is 5.25 Å². The molecule has 0 unspecified atom stereocenters. The molecule has 1 aromatic rings. The fourth-order valence-corrected chi connectivity index (χ4v) is 2.15. The van der Waals surface area contributed by atoms with Crippen molar-refractivity contribution in [1.82, 2.24) is 0 Å². The van der Waals surface area contributed by atoms with E-state index in [1.807, 2.05) is 0 Å². The van der Waals surface area contributed by atoms with Crippen LogP contribution in [0.1, 0.15) is 0 Å². The van der Waals surface area contributed by atoms with Crippen LogP contribution < -0.4 is 0 Å². The van der Waals surface area contributed by atoms with E-state index in [1.165, 1.54) is 12.1 Å². The van der Waals surface area contributed by atoms with Crippen molar-refractivity contribution in [2.24, 2.45) is 0 Å². The Morgan fingerprint density at radius 2 is 1.57 bits per heavy atom. The van der Waals surface area contributed by atoms with Gasteiger partial charge in [0, 0.05) is 0 Å². The zero-order valence-electron chi connectivity index (χ0n) is 7.24. The minimum absolute atomic E-state index is 0.198. The normalized spacial score (nSPS) is 12.5. The molecule has 0 bridgehead atoms. The molecule has 76 valence electrons. The van der Waals surface area contributed by atoms with Gasteiger partial charge >= 0.3 is 0 Å². The van der Waals surface area contributed by atoms with Crippen molar-refractivity contribution >= 4 is 23.2 Å².